The fourth-order valence-corrected chi connectivity index (χ4v) is 2.88. The van der Waals surface area contributed by atoms with Crippen LogP contribution in [0.2, 0.25) is 0 Å². The van der Waals surface area contributed by atoms with Crippen molar-refractivity contribution in [3.63, 3.8) is 0 Å². The molecule has 0 aromatic heterocycles. The standard InChI is InChI=1S/C15H9F4NO4S/c1-23-13-6-9(8-20)2-5-12(13)24-25(21,22)14-7-10(15(17,18)19)3-4-11(14)16/h2-7H,1H3. The first-order chi connectivity index (χ1) is 11.6. The molecule has 0 spiro atoms. The van der Waals surface area contributed by atoms with Gasteiger partial charge in [-0.15, -0.1) is 0 Å². The van der Waals surface area contributed by atoms with E-state index in [0.717, 1.165) is 12.1 Å². The van der Waals surface area contributed by atoms with Crippen molar-refractivity contribution in [3.8, 4) is 17.6 Å². The number of halogens is 4. The second kappa shape index (κ2) is 6.60. The highest BCUT2D eigenvalue weighted by Gasteiger charge is 2.34. The number of alkyl halides is 3. The molecule has 25 heavy (non-hydrogen) atoms. The summed E-state index contributed by atoms with van der Waals surface area (Å²) in [7, 11) is -3.75. The summed E-state index contributed by atoms with van der Waals surface area (Å²) in [6.07, 6.45) is -4.86. The zero-order chi connectivity index (χ0) is 18.8. The summed E-state index contributed by atoms with van der Waals surface area (Å²) in [5.41, 5.74) is -1.21. The molecule has 0 radical (unpaired) electrons. The maximum Gasteiger partial charge on any atom is 0.416 e. The van der Waals surface area contributed by atoms with E-state index in [4.69, 9.17) is 10.00 Å². The summed E-state index contributed by atoms with van der Waals surface area (Å²) >= 11 is 0. The summed E-state index contributed by atoms with van der Waals surface area (Å²) in [5, 5.41) is 8.78. The van der Waals surface area contributed by atoms with E-state index in [1.54, 1.807) is 6.07 Å². The lowest BCUT2D eigenvalue weighted by atomic mass is 10.2. The van der Waals surface area contributed by atoms with Gasteiger partial charge in [0.15, 0.2) is 11.5 Å². The van der Waals surface area contributed by atoms with Crippen molar-refractivity contribution in [3.05, 3.63) is 53.3 Å². The molecule has 0 amide bonds. The number of ether oxygens (including phenoxy) is 1. The van der Waals surface area contributed by atoms with Gasteiger partial charge in [0.1, 0.15) is 10.7 Å². The maximum atomic E-state index is 13.8. The monoisotopic (exact) mass is 375 g/mol. The van der Waals surface area contributed by atoms with Gasteiger partial charge < -0.3 is 8.92 Å². The minimum atomic E-state index is -4.92. The summed E-state index contributed by atoms with van der Waals surface area (Å²) < 4.78 is 85.8. The van der Waals surface area contributed by atoms with Crippen LogP contribution in [-0.2, 0) is 16.3 Å². The zero-order valence-corrected chi connectivity index (χ0v) is 13.3. The molecule has 132 valence electrons. The molecule has 2 aromatic carbocycles. The van der Waals surface area contributed by atoms with E-state index in [1.807, 2.05) is 0 Å². The summed E-state index contributed by atoms with van der Waals surface area (Å²) in [6.45, 7) is 0. The average Bonchev–Trinajstić information content (AvgIpc) is 2.54. The molecule has 0 unspecified atom stereocenters. The van der Waals surface area contributed by atoms with Crippen LogP contribution in [0.3, 0.4) is 0 Å². The molecule has 0 aliphatic heterocycles. The smallest absolute Gasteiger partial charge is 0.416 e. The molecule has 0 heterocycles. The first-order valence-electron chi connectivity index (χ1n) is 6.48. The van der Waals surface area contributed by atoms with Crippen LogP contribution in [0.5, 0.6) is 11.5 Å². The molecule has 10 heteroatoms. The fraction of sp³-hybridized carbons (Fsp3) is 0.133. The van der Waals surface area contributed by atoms with Gasteiger partial charge in [-0.2, -0.15) is 26.9 Å². The first-order valence-corrected chi connectivity index (χ1v) is 7.88. The number of methoxy groups -OCH3 is 1. The Morgan fingerprint density at radius 1 is 1.08 bits per heavy atom. The molecule has 2 rings (SSSR count). The van der Waals surface area contributed by atoms with Crippen LogP contribution < -0.4 is 8.92 Å². The van der Waals surface area contributed by atoms with E-state index in [9.17, 15) is 26.0 Å². The predicted molar refractivity (Wildman–Crippen MR) is 76.9 cm³/mol. The lowest BCUT2D eigenvalue weighted by molar-refractivity contribution is -0.137. The van der Waals surface area contributed by atoms with Gasteiger partial charge in [0, 0.05) is 6.07 Å². The first kappa shape index (κ1) is 18.5. The number of nitrogens with zero attached hydrogens (tertiary/aromatic N) is 1. The second-order valence-corrected chi connectivity index (χ2v) is 6.17. The van der Waals surface area contributed by atoms with Gasteiger partial charge in [0.05, 0.1) is 24.3 Å². The predicted octanol–water partition coefficient (Wildman–Crippen LogP) is 3.49. The summed E-state index contributed by atoms with van der Waals surface area (Å²) in [4.78, 5) is -1.27. The molecule has 0 aliphatic rings. The van der Waals surface area contributed by atoms with Crippen LogP contribution in [0.15, 0.2) is 41.3 Å². The van der Waals surface area contributed by atoms with E-state index in [1.165, 1.54) is 13.2 Å². The van der Waals surface area contributed by atoms with Crippen molar-refractivity contribution in [1.29, 1.82) is 5.26 Å². The summed E-state index contributed by atoms with van der Waals surface area (Å²) in [6, 6.07) is 6.16. The van der Waals surface area contributed by atoms with Gasteiger partial charge in [0.2, 0.25) is 0 Å². The Balaban J connectivity index is 2.49. The molecule has 5 nitrogen and oxygen atoms in total. The van der Waals surface area contributed by atoms with Crippen molar-refractivity contribution < 1.29 is 34.9 Å². The Labute approximate surface area is 140 Å². The van der Waals surface area contributed by atoms with Crippen LogP contribution in [0, 0.1) is 17.1 Å². The highest BCUT2D eigenvalue weighted by Crippen LogP contribution is 2.34. The van der Waals surface area contributed by atoms with Crippen LogP contribution in [0.4, 0.5) is 17.6 Å². The Hall–Kier alpha value is -2.80. The van der Waals surface area contributed by atoms with Crippen molar-refractivity contribution in [2.75, 3.05) is 7.11 Å². The second-order valence-electron chi connectivity index (χ2n) is 4.66. The molecular formula is C15H9F4NO4S. The van der Waals surface area contributed by atoms with Crippen molar-refractivity contribution in [2.24, 2.45) is 0 Å². The number of benzene rings is 2. The van der Waals surface area contributed by atoms with Gasteiger partial charge in [-0.1, -0.05) is 0 Å². The van der Waals surface area contributed by atoms with E-state index in [2.05, 4.69) is 4.18 Å². The van der Waals surface area contributed by atoms with Crippen LogP contribution in [0.1, 0.15) is 11.1 Å². The quantitative estimate of drug-likeness (QED) is 0.604. The normalized spacial score (nSPS) is 11.7. The van der Waals surface area contributed by atoms with Gasteiger partial charge in [-0.05, 0) is 30.3 Å². The van der Waals surface area contributed by atoms with E-state index >= 15 is 0 Å². The van der Waals surface area contributed by atoms with Gasteiger partial charge in [-0.25, -0.2) is 4.39 Å². The fourth-order valence-electron chi connectivity index (χ4n) is 1.84. The molecule has 0 aliphatic carbocycles. The van der Waals surface area contributed by atoms with Gasteiger partial charge in [0.25, 0.3) is 0 Å². The third-order valence-corrected chi connectivity index (χ3v) is 4.27. The third-order valence-electron chi connectivity index (χ3n) is 3.02. The van der Waals surface area contributed by atoms with Crippen molar-refractivity contribution in [2.45, 2.75) is 11.1 Å². The summed E-state index contributed by atoms with van der Waals surface area (Å²) in [5.74, 6) is -1.96. The lowest BCUT2D eigenvalue weighted by Crippen LogP contribution is -2.14. The molecular weight excluding hydrogens is 366 g/mol. The topological polar surface area (TPSA) is 76.4 Å². The Kier molecular flexibility index (Phi) is 4.89. The minimum absolute atomic E-state index is 0.131. The molecule has 0 atom stereocenters. The Morgan fingerprint density at radius 3 is 2.32 bits per heavy atom. The number of nitriles is 1. The Morgan fingerprint density at radius 2 is 1.76 bits per heavy atom. The SMILES string of the molecule is COc1cc(C#N)ccc1OS(=O)(=O)c1cc(C(F)(F)F)ccc1F. The van der Waals surface area contributed by atoms with Crippen LogP contribution in [0.25, 0.3) is 0 Å². The van der Waals surface area contributed by atoms with E-state index in [0.29, 0.717) is 12.1 Å². The molecule has 0 N–H and O–H groups in total. The number of hydrogen-bond acceptors (Lipinski definition) is 5. The van der Waals surface area contributed by atoms with Crippen LogP contribution >= 0.6 is 0 Å². The minimum Gasteiger partial charge on any atom is -0.493 e. The molecule has 0 saturated heterocycles. The van der Waals surface area contributed by atoms with Crippen LogP contribution in [-0.4, -0.2) is 15.5 Å². The molecule has 0 bridgehead atoms. The Bertz CT molecular complexity index is 949. The van der Waals surface area contributed by atoms with Gasteiger partial charge >= 0.3 is 16.3 Å². The van der Waals surface area contributed by atoms with Gasteiger partial charge in [-0.3, -0.25) is 0 Å². The molecule has 2 aromatic rings. The highest BCUT2D eigenvalue weighted by molar-refractivity contribution is 7.87. The highest BCUT2D eigenvalue weighted by atomic mass is 32.2. The largest absolute Gasteiger partial charge is 0.493 e. The number of rotatable bonds is 4. The third kappa shape index (κ3) is 4.00. The van der Waals surface area contributed by atoms with Crippen molar-refractivity contribution >= 4 is 10.1 Å². The van der Waals surface area contributed by atoms with Crippen molar-refractivity contribution in [1.82, 2.24) is 0 Å². The van der Waals surface area contributed by atoms with E-state index < -0.39 is 38.3 Å². The maximum absolute atomic E-state index is 13.8. The lowest BCUT2D eigenvalue weighted by Gasteiger charge is -2.13. The zero-order valence-electron chi connectivity index (χ0n) is 12.5. The van der Waals surface area contributed by atoms with E-state index in [-0.39, 0.29) is 17.4 Å². The molecule has 0 fully saturated rings. The molecule has 0 saturated carbocycles. The average molecular weight is 375 g/mol. The number of hydrogen-bond donors (Lipinski definition) is 0.